The quantitative estimate of drug-likeness (QED) is 0.509. The van der Waals surface area contributed by atoms with Gasteiger partial charge in [-0.15, -0.1) is 0 Å². The van der Waals surface area contributed by atoms with Gasteiger partial charge in [0.05, 0.1) is 6.61 Å². The minimum Gasteiger partial charge on any atom is -0.510 e. The highest BCUT2D eigenvalue weighted by Gasteiger charge is 2.14. The number of carbonyl (C=O) groups is 1. The van der Waals surface area contributed by atoms with Crippen molar-refractivity contribution >= 4 is 27.6 Å². The molecule has 0 fully saturated rings. The van der Waals surface area contributed by atoms with E-state index in [-0.39, 0.29) is 18.1 Å². The third kappa shape index (κ3) is 4.11. The molecule has 0 aliphatic heterocycles. The van der Waals surface area contributed by atoms with Crippen molar-refractivity contribution in [3.05, 3.63) is 40.2 Å². The first-order chi connectivity index (χ1) is 8.04. The Bertz CT molecular complexity index is 439. The molecule has 0 atom stereocenters. The molecule has 0 unspecified atom stereocenters. The van der Waals surface area contributed by atoms with Gasteiger partial charge in [-0.2, -0.15) is 0 Å². The molecule has 0 spiro atoms. The summed E-state index contributed by atoms with van der Waals surface area (Å²) >= 11 is 3.32. The number of hydrogen-bond acceptors (Lipinski definition) is 4. The van der Waals surface area contributed by atoms with Crippen molar-refractivity contribution in [2.75, 3.05) is 11.9 Å². The van der Waals surface area contributed by atoms with Gasteiger partial charge in [0.2, 0.25) is 0 Å². The summed E-state index contributed by atoms with van der Waals surface area (Å²) < 4.78 is 5.71. The van der Waals surface area contributed by atoms with Gasteiger partial charge in [0, 0.05) is 10.2 Å². The fourth-order valence-electron chi connectivity index (χ4n) is 1.20. The van der Waals surface area contributed by atoms with E-state index >= 15 is 0 Å². The molecule has 0 aromatic heterocycles. The lowest BCUT2D eigenvalue weighted by Gasteiger charge is -2.11. The average molecular weight is 300 g/mol. The molecule has 0 heterocycles. The minimum absolute atomic E-state index is 0.0463. The fraction of sp³-hybridized carbons (Fsp3) is 0.250. The van der Waals surface area contributed by atoms with Gasteiger partial charge in [0.1, 0.15) is 5.76 Å². The lowest BCUT2D eigenvalue weighted by atomic mass is 10.3. The summed E-state index contributed by atoms with van der Waals surface area (Å²) in [7, 11) is 0. The van der Waals surface area contributed by atoms with Gasteiger partial charge in [-0.25, -0.2) is 4.79 Å². The summed E-state index contributed by atoms with van der Waals surface area (Å²) in [6, 6.07) is 7.27. The summed E-state index contributed by atoms with van der Waals surface area (Å²) in [6.45, 7) is 3.40. The number of anilines is 1. The van der Waals surface area contributed by atoms with Gasteiger partial charge in [0.15, 0.2) is 5.70 Å². The molecule has 0 saturated carbocycles. The predicted octanol–water partition coefficient (Wildman–Crippen LogP) is 3.21. The number of benzene rings is 1. The number of aliphatic hydroxyl groups is 1. The number of ether oxygens (including phenoxy) is 1. The van der Waals surface area contributed by atoms with Gasteiger partial charge >= 0.3 is 5.97 Å². The van der Waals surface area contributed by atoms with Crippen LogP contribution in [0.25, 0.3) is 0 Å². The summed E-state index contributed by atoms with van der Waals surface area (Å²) in [5.41, 5.74) is 0.737. The maximum atomic E-state index is 11.6. The van der Waals surface area contributed by atoms with Gasteiger partial charge in [0.25, 0.3) is 0 Å². The number of rotatable bonds is 4. The topological polar surface area (TPSA) is 58.6 Å². The van der Waals surface area contributed by atoms with Gasteiger partial charge in [-0.1, -0.05) is 22.0 Å². The molecule has 2 N–H and O–H groups in total. The van der Waals surface area contributed by atoms with E-state index in [4.69, 9.17) is 4.74 Å². The van der Waals surface area contributed by atoms with E-state index in [0.717, 1.165) is 4.47 Å². The van der Waals surface area contributed by atoms with E-state index in [1.54, 1.807) is 19.1 Å². The number of nitrogens with one attached hydrogen (secondary N) is 1. The van der Waals surface area contributed by atoms with Crippen LogP contribution >= 0.6 is 15.9 Å². The molecule has 0 aliphatic carbocycles. The highest BCUT2D eigenvalue weighted by molar-refractivity contribution is 9.10. The Labute approximate surface area is 108 Å². The van der Waals surface area contributed by atoms with Crippen molar-refractivity contribution in [2.45, 2.75) is 13.8 Å². The Kier molecular flexibility index (Phi) is 5.03. The predicted molar refractivity (Wildman–Crippen MR) is 69.7 cm³/mol. The molecule has 0 radical (unpaired) electrons. The van der Waals surface area contributed by atoms with Crippen LogP contribution in [0.3, 0.4) is 0 Å². The zero-order valence-corrected chi connectivity index (χ0v) is 11.2. The minimum atomic E-state index is -0.576. The van der Waals surface area contributed by atoms with Crippen LogP contribution in [0, 0.1) is 0 Å². The highest BCUT2D eigenvalue weighted by atomic mass is 79.9. The van der Waals surface area contributed by atoms with Crippen molar-refractivity contribution in [2.24, 2.45) is 0 Å². The molecule has 1 aromatic rings. The molecule has 4 nitrogen and oxygen atoms in total. The molecule has 17 heavy (non-hydrogen) atoms. The van der Waals surface area contributed by atoms with E-state index < -0.39 is 5.97 Å². The smallest absolute Gasteiger partial charge is 0.358 e. The first kappa shape index (κ1) is 13.6. The first-order valence-corrected chi connectivity index (χ1v) is 5.93. The molecular formula is C12H14BrNO3. The standard InChI is InChI=1S/C12H14BrNO3/c1-3-17-12(16)11(8(2)15)14-10-6-4-5-9(13)7-10/h4-7,14-15H,3H2,1-2H3/b11-8-. The van der Waals surface area contributed by atoms with Crippen LogP contribution in [0.4, 0.5) is 5.69 Å². The second-order valence-corrected chi connectivity index (χ2v) is 4.23. The third-order valence-corrected chi connectivity index (χ3v) is 2.43. The fourth-order valence-corrected chi connectivity index (χ4v) is 1.60. The van der Waals surface area contributed by atoms with E-state index in [9.17, 15) is 9.90 Å². The van der Waals surface area contributed by atoms with E-state index in [1.165, 1.54) is 6.92 Å². The number of allylic oxidation sites excluding steroid dienone is 1. The summed E-state index contributed by atoms with van der Waals surface area (Å²) in [5.74, 6) is -0.684. The number of esters is 1. The van der Waals surface area contributed by atoms with Crippen LogP contribution in [0.5, 0.6) is 0 Å². The molecule has 0 bridgehead atoms. The Morgan fingerprint density at radius 1 is 1.53 bits per heavy atom. The number of halogens is 1. The molecule has 0 amide bonds. The van der Waals surface area contributed by atoms with Crippen LogP contribution in [-0.2, 0) is 9.53 Å². The van der Waals surface area contributed by atoms with Gasteiger partial charge in [-0.3, -0.25) is 0 Å². The van der Waals surface area contributed by atoms with Crippen LogP contribution in [0.15, 0.2) is 40.2 Å². The molecule has 0 aliphatic rings. The molecule has 0 saturated heterocycles. The molecule has 5 heteroatoms. The maximum Gasteiger partial charge on any atom is 0.358 e. The number of hydrogen-bond donors (Lipinski definition) is 2. The second kappa shape index (κ2) is 6.30. The molecule has 1 aromatic carbocycles. The van der Waals surface area contributed by atoms with Gasteiger partial charge in [-0.05, 0) is 32.0 Å². The third-order valence-electron chi connectivity index (χ3n) is 1.94. The van der Waals surface area contributed by atoms with E-state index in [1.807, 2.05) is 12.1 Å². The Morgan fingerprint density at radius 2 is 2.24 bits per heavy atom. The van der Waals surface area contributed by atoms with Crippen LogP contribution in [-0.4, -0.2) is 17.7 Å². The number of carbonyl (C=O) groups excluding carboxylic acids is 1. The van der Waals surface area contributed by atoms with Crippen molar-refractivity contribution in [1.29, 1.82) is 0 Å². The summed E-state index contributed by atoms with van der Waals surface area (Å²) in [4.78, 5) is 11.6. The summed E-state index contributed by atoms with van der Waals surface area (Å²) in [5, 5.41) is 12.3. The molecule has 92 valence electrons. The molecular weight excluding hydrogens is 286 g/mol. The number of aliphatic hydroxyl groups excluding tert-OH is 1. The zero-order valence-electron chi connectivity index (χ0n) is 9.66. The van der Waals surface area contributed by atoms with Crippen molar-refractivity contribution in [1.82, 2.24) is 0 Å². The Balaban J connectivity index is 2.89. The van der Waals surface area contributed by atoms with Crippen LogP contribution in [0.1, 0.15) is 13.8 Å². The largest absolute Gasteiger partial charge is 0.510 e. The second-order valence-electron chi connectivity index (χ2n) is 3.32. The Morgan fingerprint density at radius 3 is 2.76 bits per heavy atom. The van der Waals surface area contributed by atoms with Crippen LogP contribution in [0.2, 0.25) is 0 Å². The first-order valence-electron chi connectivity index (χ1n) is 5.14. The van der Waals surface area contributed by atoms with Crippen LogP contribution < -0.4 is 5.32 Å². The van der Waals surface area contributed by atoms with Gasteiger partial charge < -0.3 is 15.2 Å². The normalized spacial score (nSPS) is 11.7. The SMILES string of the molecule is CCOC(=O)/C(Nc1cccc(Br)c1)=C(\C)O. The highest BCUT2D eigenvalue weighted by Crippen LogP contribution is 2.18. The molecule has 1 rings (SSSR count). The van der Waals surface area contributed by atoms with E-state index in [2.05, 4.69) is 21.2 Å². The van der Waals surface area contributed by atoms with Crippen molar-refractivity contribution < 1.29 is 14.6 Å². The average Bonchev–Trinajstić information content (AvgIpc) is 2.26. The summed E-state index contributed by atoms with van der Waals surface area (Å²) in [6.07, 6.45) is 0. The van der Waals surface area contributed by atoms with Crippen molar-refractivity contribution in [3.63, 3.8) is 0 Å². The van der Waals surface area contributed by atoms with E-state index in [0.29, 0.717) is 5.69 Å². The Hall–Kier alpha value is -1.49. The van der Waals surface area contributed by atoms with Crippen molar-refractivity contribution in [3.8, 4) is 0 Å². The maximum absolute atomic E-state index is 11.6. The lowest BCUT2D eigenvalue weighted by Crippen LogP contribution is -2.16. The lowest BCUT2D eigenvalue weighted by molar-refractivity contribution is -0.138. The monoisotopic (exact) mass is 299 g/mol. The zero-order chi connectivity index (χ0) is 12.8.